The zero-order valence-corrected chi connectivity index (χ0v) is 9.26. The predicted octanol–water partition coefficient (Wildman–Crippen LogP) is 1.50. The van der Waals surface area contributed by atoms with Gasteiger partial charge in [-0.3, -0.25) is 4.79 Å². The molecule has 1 saturated heterocycles. The third-order valence-corrected chi connectivity index (χ3v) is 3.10. The fraction of sp³-hybridized carbons (Fsp3) is 0.250. The number of nitrogens with zero attached hydrogens (tertiary/aromatic N) is 3. The number of aromatic nitrogens is 3. The molecular weight excluding hydrogens is 216 g/mol. The summed E-state index contributed by atoms with van der Waals surface area (Å²) in [7, 11) is 0. The minimum atomic E-state index is 0.137. The molecule has 2 aromatic rings. The van der Waals surface area contributed by atoms with E-state index in [9.17, 15) is 4.79 Å². The molecule has 5 nitrogen and oxygen atoms in total. The van der Waals surface area contributed by atoms with Gasteiger partial charge < -0.3 is 4.90 Å². The Morgan fingerprint density at radius 3 is 3.00 bits per heavy atom. The average molecular weight is 228 g/mol. The molecule has 1 aliphatic heterocycles. The number of nitrogens with one attached hydrogen (secondary N) is 1. The molecule has 5 heteroatoms. The van der Waals surface area contributed by atoms with E-state index in [2.05, 4.69) is 22.0 Å². The highest BCUT2D eigenvalue weighted by molar-refractivity contribution is 5.97. The normalized spacial score (nSPS) is 20.1. The number of hydrogen-bond acceptors (Lipinski definition) is 3. The van der Waals surface area contributed by atoms with Crippen molar-refractivity contribution in [3.05, 3.63) is 30.9 Å². The molecule has 0 radical (unpaired) electrons. The third kappa shape index (κ3) is 1.60. The fourth-order valence-corrected chi connectivity index (χ4v) is 2.14. The molecule has 1 N–H and O–H groups in total. The van der Waals surface area contributed by atoms with Crippen LogP contribution in [-0.4, -0.2) is 27.9 Å². The van der Waals surface area contributed by atoms with Crippen LogP contribution in [0.4, 0.5) is 5.69 Å². The van der Waals surface area contributed by atoms with Crippen molar-refractivity contribution in [2.24, 2.45) is 5.92 Å². The van der Waals surface area contributed by atoms with Crippen molar-refractivity contribution in [2.75, 3.05) is 11.4 Å². The van der Waals surface area contributed by atoms with Gasteiger partial charge in [0.2, 0.25) is 5.91 Å². The Balaban J connectivity index is 1.98. The van der Waals surface area contributed by atoms with Crippen LogP contribution in [0, 0.1) is 5.92 Å². The van der Waals surface area contributed by atoms with E-state index in [1.807, 2.05) is 24.3 Å². The summed E-state index contributed by atoms with van der Waals surface area (Å²) in [4.78, 5) is 13.6. The Kier molecular flexibility index (Phi) is 2.18. The summed E-state index contributed by atoms with van der Waals surface area (Å²) in [5.41, 5.74) is 2.46. The van der Waals surface area contributed by atoms with Crippen LogP contribution < -0.4 is 4.90 Å². The number of benzene rings is 1. The van der Waals surface area contributed by atoms with Gasteiger partial charge in [0.05, 0.1) is 0 Å². The quantitative estimate of drug-likeness (QED) is 0.792. The predicted molar refractivity (Wildman–Crippen MR) is 64.5 cm³/mol. The summed E-state index contributed by atoms with van der Waals surface area (Å²) < 4.78 is 0. The molecular formula is C12H12N4O. The highest BCUT2D eigenvalue weighted by atomic mass is 16.2. The molecule has 1 fully saturated rings. The van der Waals surface area contributed by atoms with E-state index in [0.29, 0.717) is 13.0 Å². The SMILES string of the molecule is C=CC1CC(=O)N(c2ccc3n[nH]nc3c2)C1. The van der Waals surface area contributed by atoms with Crippen LogP contribution in [0.25, 0.3) is 11.0 Å². The zero-order chi connectivity index (χ0) is 11.8. The number of H-pyrrole nitrogens is 1. The molecule has 0 aliphatic carbocycles. The summed E-state index contributed by atoms with van der Waals surface area (Å²) in [6.07, 6.45) is 2.38. The van der Waals surface area contributed by atoms with Gasteiger partial charge in [0.25, 0.3) is 0 Å². The number of hydrogen-bond donors (Lipinski definition) is 1. The van der Waals surface area contributed by atoms with E-state index in [0.717, 1.165) is 16.7 Å². The summed E-state index contributed by atoms with van der Waals surface area (Å²) in [6.45, 7) is 4.44. The van der Waals surface area contributed by atoms with Crippen molar-refractivity contribution >= 4 is 22.6 Å². The van der Waals surface area contributed by atoms with Crippen LogP contribution in [0.2, 0.25) is 0 Å². The molecule has 0 saturated carbocycles. The lowest BCUT2D eigenvalue weighted by Gasteiger charge is -2.15. The maximum absolute atomic E-state index is 11.9. The number of fused-ring (bicyclic) bond motifs is 1. The second-order valence-electron chi connectivity index (χ2n) is 4.20. The van der Waals surface area contributed by atoms with Gasteiger partial charge in [0, 0.05) is 24.6 Å². The molecule has 1 aliphatic rings. The lowest BCUT2D eigenvalue weighted by Crippen LogP contribution is -2.24. The smallest absolute Gasteiger partial charge is 0.227 e. The minimum Gasteiger partial charge on any atom is -0.312 e. The van der Waals surface area contributed by atoms with Crippen molar-refractivity contribution in [2.45, 2.75) is 6.42 Å². The average Bonchev–Trinajstić information content (AvgIpc) is 2.93. The molecule has 86 valence electrons. The Morgan fingerprint density at radius 2 is 2.24 bits per heavy atom. The molecule has 1 amide bonds. The molecule has 1 aromatic heterocycles. The number of carbonyl (C=O) groups is 1. The maximum Gasteiger partial charge on any atom is 0.227 e. The van der Waals surface area contributed by atoms with Crippen LogP contribution in [0.1, 0.15) is 6.42 Å². The van der Waals surface area contributed by atoms with Crippen molar-refractivity contribution < 1.29 is 4.79 Å². The van der Waals surface area contributed by atoms with Crippen molar-refractivity contribution in [3.63, 3.8) is 0 Å². The maximum atomic E-state index is 11.9. The minimum absolute atomic E-state index is 0.137. The van der Waals surface area contributed by atoms with E-state index < -0.39 is 0 Å². The largest absolute Gasteiger partial charge is 0.312 e. The van der Waals surface area contributed by atoms with Gasteiger partial charge in [-0.15, -0.1) is 6.58 Å². The highest BCUT2D eigenvalue weighted by Crippen LogP contribution is 2.27. The molecule has 3 rings (SSSR count). The van der Waals surface area contributed by atoms with E-state index >= 15 is 0 Å². The molecule has 0 spiro atoms. The lowest BCUT2D eigenvalue weighted by atomic mass is 10.1. The Hall–Kier alpha value is -2.17. The molecule has 1 atom stereocenters. The van der Waals surface area contributed by atoms with Gasteiger partial charge in [0.1, 0.15) is 11.0 Å². The van der Waals surface area contributed by atoms with Crippen LogP contribution in [0.5, 0.6) is 0 Å². The van der Waals surface area contributed by atoms with Gasteiger partial charge >= 0.3 is 0 Å². The van der Waals surface area contributed by atoms with Gasteiger partial charge in [-0.05, 0) is 18.2 Å². The van der Waals surface area contributed by atoms with Crippen LogP contribution in [-0.2, 0) is 4.79 Å². The van der Waals surface area contributed by atoms with Crippen LogP contribution >= 0.6 is 0 Å². The summed E-state index contributed by atoms with van der Waals surface area (Å²) >= 11 is 0. The molecule has 0 bridgehead atoms. The molecule has 1 aromatic carbocycles. The van der Waals surface area contributed by atoms with Crippen molar-refractivity contribution in [1.82, 2.24) is 15.4 Å². The molecule has 1 unspecified atom stereocenters. The standard InChI is InChI=1S/C12H12N4O/c1-2-8-5-12(17)16(7-8)9-3-4-10-11(6-9)14-15-13-10/h2-4,6,8H,1,5,7H2,(H,13,14,15). The third-order valence-electron chi connectivity index (χ3n) is 3.10. The van der Waals surface area contributed by atoms with E-state index in [1.165, 1.54) is 0 Å². The van der Waals surface area contributed by atoms with Gasteiger partial charge in [0.15, 0.2) is 0 Å². The Bertz CT molecular complexity index is 589. The highest BCUT2D eigenvalue weighted by Gasteiger charge is 2.28. The van der Waals surface area contributed by atoms with Gasteiger partial charge in [-0.25, -0.2) is 0 Å². The van der Waals surface area contributed by atoms with Crippen molar-refractivity contribution in [3.8, 4) is 0 Å². The number of anilines is 1. The zero-order valence-electron chi connectivity index (χ0n) is 9.26. The summed E-state index contributed by atoms with van der Waals surface area (Å²) in [5.74, 6) is 0.383. The first-order chi connectivity index (χ1) is 8.28. The first-order valence-corrected chi connectivity index (χ1v) is 5.51. The monoisotopic (exact) mass is 228 g/mol. The van der Waals surface area contributed by atoms with Crippen molar-refractivity contribution in [1.29, 1.82) is 0 Å². The van der Waals surface area contributed by atoms with E-state index in [4.69, 9.17) is 0 Å². The van der Waals surface area contributed by atoms with Crippen LogP contribution in [0.3, 0.4) is 0 Å². The lowest BCUT2D eigenvalue weighted by molar-refractivity contribution is -0.117. The Labute approximate surface area is 98.1 Å². The van der Waals surface area contributed by atoms with E-state index in [-0.39, 0.29) is 11.8 Å². The molecule has 2 heterocycles. The second kappa shape index (κ2) is 3.69. The summed E-state index contributed by atoms with van der Waals surface area (Å²) in [6, 6.07) is 5.64. The van der Waals surface area contributed by atoms with Gasteiger partial charge in [-0.2, -0.15) is 15.4 Å². The van der Waals surface area contributed by atoms with Gasteiger partial charge in [-0.1, -0.05) is 6.08 Å². The topological polar surface area (TPSA) is 61.9 Å². The number of amides is 1. The van der Waals surface area contributed by atoms with Crippen LogP contribution in [0.15, 0.2) is 30.9 Å². The number of carbonyl (C=O) groups excluding carboxylic acids is 1. The first kappa shape index (κ1) is 10.0. The number of aromatic amines is 1. The first-order valence-electron chi connectivity index (χ1n) is 5.51. The van der Waals surface area contributed by atoms with E-state index in [1.54, 1.807) is 4.90 Å². The number of rotatable bonds is 2. The molecule has 17 heavy (non-hydrogen) atoms. The summed E-state index contributed by atoms with van der Waals surface area (Å²) in [5, 5.41) is 10.6. The fourth-order valence-electron chi connectivity index (χ4n) is 2.14. The Morgan fingerprint density at radius 1 is 1.41 bits per heavy atom. The second-order valence-corrected chi connectivity index (χ2v) is 4.20.